The Bertz CT molecular complexity index is 885. The number of amides is 1. The lowest BCUT2D eigenvalue weighted by Crippen LogP contribution is -2.44. The van der Waals surface area contributed by atoms with Crippen LogP contribution in [0.4, 0.5) is 5.69 Å². The van der Waals surface area contributed by atoms with Gasteiger partial charge in [0.1, 0.15) is 6.17 Å². The van der Waals surface area contributed by atoms with E-state index in [0.717, 1.165) is 23.4 Å². The number of hydrogen-bond acceptors (Lipinski definition) is 2. The molecule has 1 aliphatic rings. The Labute approximate surface area is 147 Å². The summed E-state index contributed by atoms with van der Waals surface area (Å²) in [5.74, 6) is 0.0801. The number of fused-ring (bicyclic) bond motifs is 1. The smallest absolute Gasteiger partial charge is 0.257 e. The van der Waals surface area contributed by atoms with Gasteiger partial charge in [-0.2, -0.15) is 0 Å². The van der Waals surface area contributed by atoms with Crippen molar-refractivity contribution in [3.05, 3.63) is 89.7 Å². The summed E-state index contributed by atoms with van der Waals surface area (Å²) in [5, 5.41) is 3.54. The molecule has 4 nitrogen and oxygen atoms in total. The maximum absolute atomic E-state index is 13.1. The molecular formula is C21H21N3O. The summed E-state index contributed by atoms with van der Waals surface area (Å²) >= 11 is 0. The minimum absolute atomic E-state index is 0.0801. The minimum atomic E-state index is -0.161. The first-order chi connectivity index (χ1) is 12.2. The molecule has 1 aromatic heterocycles. The molecule has 126 valence electrons. The van der Waals surface area contributed by atoms with E-state index in [1.165, 1.54) is 5.56 Å². The molecule has 2 heterocycles. The number of carbonyl (C=O) groups excluding carboxylic acids is 1. The quantitative estimate of drug-likeness (QED) is 0.789. The van der Waals surface area contributed by atoms with Crippen molar-refractivity contribution < 1.29 is 4.79 Å². The fraction of sp³-hybridized carbons (Fsp3) is 0.190. The molecule has 0 saturated carbocycles. The molecule has 1 aliphatic heterocycles. The lowest BCUT2D eigenvalue weighted by Gasteiger charge is -2.38. The highest BCUT2D eigenvalue weighted by atomic mass is 16.2. The van der Waals surface area contributed by atoms with Crippen LogP contribution in [0.3, 0.4) is 0 Å². The summed E-state index contributed by atoms with van der Waals surface area (Å²) in [6, 6.07) is 22.1. The molecular weight excluding hydrogens is 310 g/mol. The molecule has 4 rings (SSSR count). The Morgan fingerprint density at radius 3 is 2.48 bits per heavy atom. The van der Waals surface area contributed by atoms with E-state index in [9.17, 15) is 4.79 Å². The third kappa shape index (κ3) is 2.91. The summed E-state index contributed by atoms with van der Waals surface area (Å²) < 4.78 is 2.06. The number of benzene rings is 2. The maximum Gasteiger partial charge on any atom is 0.257 e. The third-order valence-corrected chi connectivity index (χ3v) is 4.77. The second-order valence-electron chi connectivity index (χ2n) is 6.37. The summed E-state index contributed by atoms with van der Waals surface area (Å²) in [7, 11) is 2.01. The van der Waals surface area contributed by atoms with Gasteiger partial charge in [-0.05, 0) is 36.2 Å². The summed E-state index contributed by atoms with van der Waals surface area (Å²) in [6.45, 7) is 0.667. The average molecular weight is 331 g/mol. The normalized spacial score (nSPS) is 16.4. The largest absolute Gasteiger partial charge is 0.360 e. The molecule has 2 aromatic carbocycles. The van der Waals surface area contributed by atoms with Crippen molar-refractivity contribution in [3.63, 3.8) is 0 Å². The van der Waals surface area contributed by atoms with Crippen LogP contribution >= 0.6 is 0 Å². The number of rotatable bonds is 4. The van der Waals surface area contributed by atoms with Crippen LogP contribution in [0.1, 0.15) is 27.8 Å². The van der Waals surface area contributed by atoms with Gasteiger partial charge in [-0.1, -0.05) is 42.5 Å². The number of aryl methyl sites for hydroxylation is 1. The Morgan fingerprint density at radius 2 is 1.72 bits per heavy atom. The van der Waals surface area contributed by atoms with Crippen molar-refractivity contribution >= 4 is 11.6 Å². The van der Waals surface area contributed by atoms with Crippen molar-refractivity contribution in [3.8, 4) is 0 Å². The van der Waals surface area contributed by atoms with Crippen LogP contribution in [0.5, 0.6) is 0 Å². The molecule has 1 atom stereocenters. The number of nitrogens with zero attached hydrogens (tertiary/aromatic N) is 2. The first-order valence-electron chi connectivity index (χ1n) is 8.56. The van der Waals surface area contributed by atoms with Crippen LogP contribution in [-0.2, 0) is 13.5 Å². The van der Waals surface area contributed by atoms with E-state index in [0.29, 0.717) is 6.54 Å². The second kappa shape index (κ2) is 6.48. The van der Waals surface area contributed by atoms with Gasteiger partial charge in [0.25, 0.3) is 5.91 Å². The zero-order valence-corrected chi connectivity index (χ0v) is 14.2. The standard InChI is InChI=1S/C21H21N3O/c1-23-14-7-12-19(23)20-22-18-11-6-5-10-17(18)21(25)24(20)15-13-16-8-3-2-4-9-16/h2-12,14,20,22H,13,15H2,1H3/t20-/m1/s1. The predicted octanol–water partition coefficient (Wildman–Crippen LogP) is 3.83. The Morgan fingerprint density at radius 1 is 0.960 bits per heavy atom. The Hall–Kier alpha value is -3.01. The Kier molecular flexibility index (Phi) is 4.02. The zero-order valence-electron chi connectivity index (χ0n) is 14.2. The molecule has 4 heteroatoms. The lowest BCUT2D eigenvalue weighted by atomic mass is 10.0. The Balaban J connectivity index is 1.67. The minimum Gasteiger partial charge on any atom is -0.360 e. The van der Waals surface area contributed by atoms with Gasteiger partial charge in [-0.15, -0.1) is 0 Å². The van der Waals surface area contributed by atoms with Crippen molar-refractivity contribution in [2.45, 2.75) is 12.6 Å². The van der Waals surface area contributed by atoms with Gasteiger partial charge in [-0.25, -0.2) is 0 Å². The number of hydrogen-bond donors (Lipinski definition) is 1. The monoisotopic (exact) mass is 331 g/mol. The molecule has 0 spiro atoms. The van der Waals surface area contributed by atoms with E-state index in [1.807, 2.05) is 66.7 Å². The van der Waals surface area contributed by atoms with Crippen LogP contribution in [0.2, 0.25) is 0 Å². The average Bonchev–Trinajstić information content (AvgIpc) is 3.07. The van der Waals surface area contributed by atoms with Gasteiger partial charge < -0.3 is 14.8 Å². The third-order valence-electron chi connectivity index (χ3n) is 4.77. The number of anilines is 1. The SMILES string of the molecule is Cn1cccc1[C@@H]1Nc2ccccc2C(=O)N1CCc1ccccc1. The molecule has 0 fully saturated rings. The molecule has 1 amide bonds. The highest BCUT2D eigenvalue weighted by Crippen LogP contribution is 2.33. The fourth-order valence-electron chi connectivity index (χ4n) is 3.41. The second-order valence-corrected chi connectivity index (χ2v) is 6.37. The highest BCUT2D eigenvalue weighted by Gasteiger charge is 2.33. The zero-order chi connectivity index (χ0) is 17.2. The van der Waals surface area contributed by atoms with E-state index in [-0.39, 0.29) is 12.1 Å². The number of carbonyl (C=O) groups is 1. The van der Waals surface area contributed by atoms with Crippen molar-refractivity contribution in [1.29, 1.82) is 0 Å². The van der Waals surface area contributed by atoms with Gasteiger partial charge in [0.05, 0.1) is 11.3 Å². The predicted molar refractivity (Wildman–Crippen MR) is 99.4 cm³/mol. The van der Waals surface area contributed by atoms with Crippen LogP contribution in [-0.4, -0.2) is 21.9 Å². The van der Waals surface area contributed by atoms with Crippen LogP contribution < -0.4 is 5.32 Å². The van der Waals surface area contributed by atoms with Crippen molar-refractivity contribution in [1.82, 2.24) is 9.47 Å². The maximum atomic E-state index is 13.1. The highest BCUT2D eigenvalue weighted by molar-refractivity contribution is 6.01. The summed E-state index contributed by atoms with van der Waals surface area (Å²) in [6.07, 6.45) is 2.68. The fourth-order valence-corrected chi connectivity index (χ4v) is 3.41. The van der Waals surface area contributed by atoms with E-state index in [4.69, 9.17) is 0 Å². The number of aromatic nitrogens is 1. The molecule has 0 bridgehead atoms. The molecule has 3 aromatic rings. The van der Waals surface area contributed by atoms with Crippen molar-refractivity contribution in [2.75, 3.05) is 11.9 Å². The molecule has 0 radical (unpaired) electrons. The molecule has 0 unspecified atom stereocenters. The van der Waals surface area contributed by atoms with Crippen LogP contribution in [0.25, 0.3) is 0 Å². The lowest BCUT2D eigenvalue weighted by molar-refractivity contribution is 0.0680. The van der Waals surface area contributed by atoms with E-state index in [2.05, 4.69) is 28.1 Å². The van der Waals surface area contributed by atoms with Gasteiger partial charge in [0.15, 0.2) is 0 Å². The first-order valence-corrected chi connectivity index (χ1v) is 8.56. The number of para-hydroxylation sites is 1. The summed E-state index contributed by atoms with van der Waals surface area (Å²) in [5.41, 5.74) is 3.95. The summed E-state index contributed by atoms with van der Waals surface area (Å²) in [4.78, 5) is 15.1. The van der Waals surface area contributed by atoms with E-state index in [1.54, 1.807) is 0 Å². The molecule has 0 aliphatic carbocycles. The van der Waals surface area contributed by atoms with E-state index >= 15 is 0 Å². The van der Waals surface area contributed by atoms with Gasteiger partial charge in [0.2, 0.25) is 0 Å². The van der Waals surface area contributed by atoms with Crippen molar-refractivity contribution in [2.24, 2.45) is 7.05 Å². The molecule has 25 heavy (non-hydrogen) atoms. The topological polar surface area (TPSA) is 37.3 Å². The van der Waals surface area contributed by atoms with Gasteiger partial charge in [-0.3, -0.25) is 4.79 Å². The first kappa shape index (κ1) is 15.5. The van der Waals surface area contributed by atoms with E-state index < -0.39 is 0 Å². The van der Waals surface area contributed by atoms with Gasteiger partial charge in [0, 0.05) is 25.5 Å². The molecule has 1 N–H and O–H groups in total. The molecule has 0 saturated heterocycles. The van der Waals surface area contributed by atoms with Gasteiger partial charge >= 0.3 is 0 Å². The number of nitrogens with one attached hydrogen (secondary N) is 1. The van der Waals surface area contributed by atoms with Crippen LogP contribution in [0.15, 0.2) is 72.9 Å². The van der Waals surface area contributed by atoms with Crippen LogP contribution in [0, 0.1) is 0 Å².